The van der Waals surface area contributed by atoms with Crippen LogP contribution in [0.25, 0.3) is 0 Å². The molecule has 0 saturated carbocycles. The van der Waals surface area contributed by atoms with Gasteiger partial charge in [-0.2, -0.15) is 0 Å². The van der Waals surface area contributed by atoms with Gasteiger partial charge in [-0.05, 0) is 32.4 Å². The summed E-state index contributed by atoms with van der Waals surface area (Å²) < 4.78 is 6.02. The number of nitrogens with one attached hydrogen (secondary N) is 1. The molecule has 0 bridgehead atoms. The number of furan rings is 1. The van der Waals surface area contributed by atoms with Gasteiger partial charge >= 0.3 is 0 Å². The molecule has 0 aliphatic carbocycles. The van der Waals surface area contributed by atoms with E-state index in [2.05, 4.69) is 55.8 Å². The van der Waals surface area contributed by atoms with Crippen molar-refractivity contribution in [3.8, 4) is 0 Å². The lowest BCUT2D eigenvalue weighted by molar-refractivity contribution is 0.0987. The van der Waals surface area contributed by atoms with Gasteiger partial charge in [-0.3, -0.25) is 9.80 Å². The fourth-order valence-electron chi connectivity index (χ4n) is 2.80. The van der Waals surface area contributed by atoms with Crippen LogP contribution < -0.4 is 5.32 Å². The molecule has 1 N–H and O–H groups in total. The van der Waals surface area contributed by atoms with Crippen molar-refractivity contribution in [3.05, 3.63) is 23.2 Å². The highest BCUT2D eigenvalue weighted by atomic mass is 16.3. The van der Waals surface area contributed by atoms with E-state index in [1.807, 2.05) is 0 Å². The maximum absolute atomic E-state index is 6.02. The van der Waals surface area contributed by atoms with Crippen molar-refractivity contribution >= 4 is 0 Å². The first kappa shape index (κ1) is 16.5. The molecule has 120 valence electrons. The molecule has 21 heavy (non-hydrogen) atoms. The molecule has 1 fully saturated rings. The van der Waals surface area contributed by atoms with Crippen LogP contribution in [0.5, 0.6) is 0 Å². The molecule has 0 aromatic carbocycles. The maximum Gasteiger partial charge on any atom is 0.120 e. The third kappa shape index (κ3) is 4.83. The highest BCUT2D eigenvalue weighted by molar-refractivity contribution is 5.20. The van der Waals surface area contributed by atoms with Crippen molar-refractivity contribution in [1.29, 1.82) is 0 Å². The topological polar surface area (TPSA) is 31.6 Å². The first-order chi connectivity index (χ1) is 9.95. The second-order valence-corrected chi connectivity index (χ2v) is 6.76. The third-order valence-electron chi connectivity index (χ3n) is 4.26. The standard InChI is InChI=1S/C17H31N3O/c1-13(2)18-11-17-15(5)10-16(21-17)12-19-6-8-20(9-7-19)14(3)4/h10,13-14,18H,6-9,11-12H2,1-5H3. The summed E-state index contributed by atoms with van der Waals surface area (Å²) in [6.07, 6.45) is 0. The fraction of sp³-hybridized carbons (Fsp3) is 0.765. The fourth-order valence-corrected chi connectivity index (χ4v) is 2.80. The minimum absolute atomic E-state index is 0.488. The molecule has 0 unspecified atom stereocenters. The summed E-state index contributed by atoms with van der Waals surface area (Å²) in [7, 11) is 0. The molecule has 0 radical (unpaired) electrons. The Morgan fingerprint density at radius 2 is 1.81 bits per heavy atom. The van der Waals surface area contributed by atoms with Crippen LogP contribution in [0.3, 0.4) is 0 Å². The zero-order valence-corrected chi connectivity index (χ0v) is 14.3. The number of hydrogen-bond acceptors (Lipinski definition) is 4. The first-order valence-corrected chi connectivity index (χ1v) is 8.23. The van der Waals surface area contributed by atoms with Crippen LogP contribution in [0.15, 0.2) is 10.5 Å². The Hall–Kier alpha value is -0.840. The van der Waals surface area contributed by atoms with E-state index in [1.54, 1.807) is 0 Å². The molecule has 0 atom stereocenters. The lowest BCUT2D eigenvalue weighted by atomic mass is 10.2. The Bertz CT molecular complexity index is 431. The van der Waals surface area contributed by atoms with Crippen molar-refractivity contribution in [3.63, 3.8) is 0 Å². The van der Waals surface area contributed by atoms with Gasteiger partial charge in [0.25, 0.3) is 0 Å². The summed E-state index contributed by atoms with van der Waals surface area (Å²) in [6.45, 7) is 17.4. The van der Waals surface area contributed by atoms with Gasteiger partial charge in [-0.25, -0.2) is 0 Å². The first-order valence-electron chi connectivity index (χ1n) is 8.23. The van der Waals surface area contributed by atoms with Gasteiger partial charge in [0.1, 0.15) is 11.5 Å². The van der Waals surface area contributed by atoms with Crippen molar-refractivity contribution in [2.24, 2.45) is 0 Å². The van der Waals surface area contributed by atoms with Crippen LogP contribution in [0.1, 0.15) is 44.8 Å². The van der Waals surface area contributed by atoms with Gasteiger partial charge in [0.05, 0.1) is 13.1 Å². The molecular weight excluding hydrogens is 262 g/mol. The number of rotatable bonds is 6. The molecule has 1 saturated heterocycles. The van der Waals surface area contributed by atoms with Gasteiger partial charge in [-0.1, -0.05) is 13.8 Å². The van der Waals surface area contributed by atoms with Crippen molar-refractivity contribution in [2.75, 3.05) is 26.2 Å². The highest BCUT2D eigenvalue weighted by Crippen LogP contribution is 2.17. The van der Waals surface area contributed by atoms with Crippen LogP contribution in [-0.4, -0.2) is 48.1 Å². The van der Waals surface area contributed by atoms with E-state index < -0.39 is 0 Å². The number of piperazine rings is 1. The van der Waals surface area contributed by atoms with Crippen LogP contribution in [0, 0.1) is 6.92 Å². The second kappa shape index (κ2) is 7.43. The molecule has 1 aromatic heterocycles. The Kier molecular flexibility index (Phi) is 5.85. The Morgan fingerprint density at radius 3 is 2.38 bits per heavy atom. The Labute approximate surface area is 129 Å². The monoisotopic (exact) mass is 293 g/mol. The molecular formula is C17H31N3O. The zero-order chi connectivity index (χ0) is 15.4. The van der Waals surface area contributed by atoms with E-state index in [9.17, 15) is 0 Å². The lowest BCUT2D eigenvalue weighted by Crippen LogP contribution is -2.48. The lowest BCUT2D eigenvalue weighted by Gasteiger charge is -2.36. The van der Waals surface area contributed by atoms with Crippen molar-refractivity contribution < 1.29 is 4.42 Å². The average molecular weight is 293 g/mol. The van der Waals surface area contributed by atoms with E-state index in [0.29, 0.717) is 12.1 Å². The molecule has 4 heteroatoms. The van der Waals surface area contributed by atoms with Crippen LogP contribution in [0.2, 0.25) is 0 Å². The van der Waals surface area contributed by atoms with Gasteiger partial charge in [0.15, 0.2) is 0 Å². The molecule has 2 rings (SSSR count). The predicted molar refractivity (Wildman–Crippen MR) is 87.4 cm³/mol. The summed E-state index contributed by atoms with van der Waals surface area (Å²) >= 11 is 0. The van der Waals surface area contributed by atoms with Gasteiger partial charge in [-0.15, -0.1) is 0 Å². The normalized spacial score (nSPS) is 18.0. The van der Waals surface area contributed by atoms with Crippen LogP contribution in [0.4, 0.5) is 0 Å². The van der Waals surface area contributed by atoms with E-state index in [-0.39, 0.29) is 0 Å². The highest BCUT2D eigenvalue weighted by Gasteiger charge is 2.20. The Balaban J connectivity index is 1.85. The number of nitrogens with zero attached hydrogens (tertiary/aromatic N) is 2. The van der Waals surface area contributed by atoms with Crippen LogP contribution in [-0.2, 0) is 13.1 Å². The molecule has 2 heterocycles. The summed E-state index contributed by atoms with van der Waals surface area (Å²) in [6, 6.07) is 3.35. The molecule has 0 spiro atoms. The van der Waals surface area contributed by atoms with Gasteiger partial charge in [0.2, 0.25) is 0 Å². The quantitative estimate of drug-likeness (QED) is 0.874. The van der Waals surface area contributed by atoms with Crippen molar-refractivity contribution in [1.82, 2.24) is 15.1 Å². The molecule has 1 aromatic rings. The van der Waals surface area contributed by atoms with E-state index in [0.717, 1.165) is 37.7 Å². The summed E-state index contributed by atoms with van der Waals surface area (Å²) in [4.78, 5) is 5.04. The smallest absolute Gasteiger partial charge is 0.120 e. The Morgan fingerprint density at radius 1 is 1.14 bits per heavy atom. The molecule has 4 nitrogen and oxygen atoms in total. The SMILES string of the molecule is Cc1cc(CN2CCN(C(C)C)CC2)oc1CNC(C)C. The molecule has 1 aliphatic rings. The van der Waals surface area contributed by atoms with Gasteiger partial charge in [0, 0.05) is 38.3 Å². The molecule has 1 aliphatic heterocycles. The van der Waals surface area contributed by atoms with E-state index in [4.69, 9.17) is 4.42 Å². The second-order valence-electron chi connectivity index (χ2n) is 6.76. The van der Waals surface area contributed by atoms with E-state index in [1.165, 1.54) is 18.7 Å². The summed E-state index contributed by atoms with van der Waals surface area (Å²) in [5.74, 6) is 2.19. The van der Waals surface area contributed by atoms with Crippen molar-refractivity contribution in [2.45, 2.75) is 59.8 Å². The van der Waals surface area contributed by atoms with Gasteiger partial charge < -0.3 is 9.73 Å². The largest absolute Gasteiger partial charge is 0.463 e. The van der Waals surface area contributed by atoms with E-state index >= 15 is 0 Å². The average Bonchev–Trinajstić information content (AvgIpc) is 2.77. The minimum Gasteiger partial charge on any atom is -0.463 e. The predicted octanol–water partition coefficient (Wildman–Crippen LogP) is 2.61. The third-order valence-corrected chi connectivity index (χ3v) is 4.26. The number of hydrogen-bond donors (Lipinski definition) is 1. The van der Waals surface area contributed by atoms with Crippen LogP contribution >= 0.6 is 0 Å². The number of aryl methyl sites for hydroxylation is 1. The summed E-state index contributed by atoms with van der Waals surface area (Å²) in [5.41, 5.74) is 1.26. The minimum atomic E-state index is 0.488. The molecule has 0 amide bonds. The maximum atomic E-state index is 6.02. The zero-order valence-electron chi connectivity index (χ0n) is 14.3. The summed E-state index contributed by atoms with van der Waals surface area (Å²) in [5, 5.41) is 3.42.